The van der Waals surface area contributed by atoms with E-state index in [1.807, 2.05) is 42.3 Å². The minimum absolute atomic E-state index is 0.268. The van der Waals surface area contributed by atoms with Crippen LogP contribution in [0.5, 0.6) is 0 Å². The summed E-state index contributed by atoms with van der Waals surface area (Å²) in [6.07, 6.45) is 4.82. The van der Waals surface area contributed by atoms with Crippen molar-refractivity contribution < 1.29 is 9.18 Å². The lowest BCUT2D eigenvalue weighted by atomic mass is 10.2. The molecule has 2 aromatic heterocycles. The van der Waals surface area contributed by atoms with E-state index in [0.29, 0.717) is 33.6 Å². The standard InChI is InChI=1S/C24H20FN5OS/c1-16-22(23(31)27-12-17-6-4-3-5-7-17)32-24(28-16)20-13-26-14-21(29-20)30(2)15-18-8-10-19(25)11-9-18/h3-14H,15H2,1-2H3. The molecule has 8 heteroatoms. The minimum atomic E-state index is -0.340. The van der Waals surface area contributed by atoms with Gasteiger partial charge in [-0.15, -0.1) is 11.3 Å². The molecule has 0 unspecified atom stereocenters. The lowest BCUT2D eigenvalue weighted by molar-refractivity contribution is 0.101. The Labute approximate surface area is 189 Å². The van der Waals surface area contributed by atoms with Crippen molar-refractivity contribution in [2.24, 2.45) is 4.99 Å². The highest BCUT2D eigenvalue weighted by molar-refractivity contribution is 7.17. The molecule has 0 aliphatic carbocycles. The van der Waals surface area contributed by atoms with E-state index in [4.69, 9.17) is 0 Å². The first-order valence-corrected chi connectivity index (χ1v) is 10.7. The molecule has 0 bridgehead atoms. The highest BCUT2D eigenvalue weighted by atomic mass is 32.1. The molecule has 2 aromatic carbocycles. The van der Waals surface area contributed by atoms with Crippen molar-refractivity contribution in [3.8, 4) is 10.7 Å². The number of benzene rings is 2. The van der Waals surface area contributed by atoms with E-state index in [2.05, 4.69) is 19.9 Å². The number of nitrogens with zero attached hydrogens (tertiary/aromatic N) is 5. The monoisotopic (exact) mass is 445 g/mol. The van der Waals surface area contributed by atoms with Crippen LogP contribution in [0.4, 0.5) is 10.2 Å². The van der Waals surface area contributed by atoms with Crippen LogP contribution in [0.15, 0.2) is 72.0 Å². The molecule has 0 aliphatic rings. The van der Waals surface area contributed by atoms with E-state index < -0.39 is 0 Å². The summed E-state index contributed by atoms with van der Waals surface area (Å²) < 4.78 is 13.1. The summed E-state index contributed by atoms with van der Waals surface area (Å²) in [5.74, 6) is 0.0399. The Morgan fingerprint density at radius 3 is 2.59 bits per heavy atom. The van der Waals surface area contributed by atoms with E-state index in [9.17, 15) is 9.18 Å². The van der Waals surface area contributed by atoms with Gasteiger partial charge in [-0.2, -0.15) is 0 Å². The molecule has 160 valence electrons. The highest BCUT2D eigenvalue weighted by Crippen LogP contribution is 2.28. The van der Waals surface area contributed by atoms with E-state index in [-0.39, 0.29) is 11.7 Å². The topological polar surface area (TPSA) is 71.3 Å². The van der Waals surface area contributed by atoms with Crippen molar-refractivity contribution in [2.75, 3.05) is 11.9 Å². The van der Waals surface area contributed by atoms with Crippen LogP contribution in [-0.4, -0.2) is 34.1 Å². The Morgan fingerprint density at radius 2 is 1.84 bits per heavy atom. The van der Waals surface area contributed by atoms with Crippen molar-refractivity contribution in [3.63, 3.8) is 0 Å². The predicted molar refractivity (Wildman–Crippen MR) is 125 cm³/mol. The van der Waals surface area contributed by atoms with Crippen LogP contribution in [0, 0.1) is 12.7 Å². The highest BCUT2D eigenvalue weighted by Gasteiger charge is 2.17. The smallest absolute Gasteiger partial charge is 0.288 e. The van der Waals surface area contributed by atoms with Crippen molar-refractivity contribution in [3.05, 3.63) is 94.5 Å². The molecule has 32 heavy (non-hydrogen) atoms. The van der Waals surface area contributed by atoms with Crippen molar-refractivity contribution in [2.45, 2.75) is 13.5 Å². The molecule has 0 aliphatic heterocycles. The van der Waals surface area contributed by atoms with Gasteiger partial charge in [0, 0.05) is 19.8 Å². The molecule has 0 fully saturated rings. The van der Waals surface area contributed by atoms with E-state index >= 15 is 0 Å². The predicted octanol–water partition coefficient (Wildman–Crippen LogP) is 4.94. The zero-order chi connectivity index (χ0) is 22.5. The van der Waals surface area contributed by atoms with Crippen LogP contribution >= 0.6 is 11.3 Å². The molecule has 0 spiro atoms. The third-order valence-electron chi connectivity index (χ3n) is 4.69. The van der Waals surface area contributed by atoms with Crippen molar-refractivity contribution >= 4 is 29.3 Å². The van der Waals surface area contributed by atoms with Crippen LogP contribution in [0.1, 0.15) is 26.5 Å². The molecule has 4 aromatic rings. The maximum absolute atomic E-state index is 13.1. The zero-order valence-electron chi connectivity index (χ0n) is 17.6. The Kier molecular flexibility index (Phi) is 6.42. The number of hydrogen-bond acceptors (Lipinski definition) is 6. The average Bonchev–Trinajstić information content (AvgIpc) is 3.21. The number of carbonyl (C=O) groups is 1. The number of hydrogen-bond donors (Lipinski definition) is 0. The number of aromatic nitrogens is 3. The summed E-state index contributed by atoms with van der Waals surface area (Å²) in [5.41, 5.74) is 2.99. The van der Waals surface area contributed by atoms with Gasteiger partial charge in [0.15, 0.2) is 0 Å². The van der Waals surface area contributed by atoms with E-state index in [1.165, 1.54) is 23.5 Å². The third-order valence-corrected chi connectivity index (χ3v) is 5.85. The first kappa shape index (κ1) is 21.5. The summed E-state index contributed by atoms with van der Waals surface area (Å²) in [6, 6.07) is 15.8. The van der Waals surface area contributed by atoms with Gasteiger partial charge < -0.3 is 4.90 Å². The second kappa shape index (κ2) is 9.57. The average molecular weight is 446 g/mol. The van der Waals surface area contributed by atoms with Crippen molar-refractivity contribution in [1.29, 1.82) is 0 Å². The first-order valence-electron chi connectivity index (χ1n) is 9.88. The Morgan fingerprint density at radius 1 is 1.09 bits per heavy atom. The number of aliphatic imine (C=N–C) groups is 1. The Bertz CT molecular complexity index is 1260. The third kappa shape index (κ3) is 5.09. The van der Waals surface area contributed by atoms with Gasteiger partial charge in [0.05, 0.1) is 18.1 Å². The molecule has 1 amide bonds. The Balaban J connectivity index is 1.52. The molecular weight excluding hydrogens is 425 g/mol. The summed E-state index contributed by atoms with van der Waals surface area (Å²) >= 11 is 1.24. The van der Waals surface area contributed by atoms with E-state index in [1.54, 1.807) is 37.7 Å². The molecule has 0 N–H and O–H groups in total. The SMILES string of the molecule is Cc1nc(-c2cncc(N(C)Cc3ccc(F)cc3)n2)sc1C(=O)N=Cc1ccccc1. The van der Waals surface area contributed by atoms with E-state index in [0.717, 1.165) is 11.1 Å². The van der Waals surface area contributed by atoms with Gasteiger partial charge >= 0.3 is 0 Å². The molecule has 0 saturated carbocycles. The molecule has 0 saturated heterocycles. The number of amides is 1. The zero-order valence-corrected chi connectivity index (χ0v) is 18.4. The number of rotatable bonds is 6. The van der Waals surface area contributed by atoms with Gasteiger partial charge in [-0.25, -0.2) is 19.4 Å². The second-order valence-electron chi connectivity index (χ2n) is 7.15. The quantitative estimate of drug-likeness (QED) is 0.393. The van der Waals surface area contributed by atoms with Gasteiger partial charge in [0.2, 0.25) is 0 Å². The lowest BCUT2D eigenvalue weighted by Crippen LogP contribution is -2.18. The van der Waals surface area contributed by atoms with Crippen LogP contribution in [0.2, 0.25) is 0 Å². The number of aryl methyl sites for hydroxylation is 1. The van der Waals surface area contributed by atoms with Crippen molar-refractivity contribution in [1.82, 2.24) is 15.0 Å². The molecule has 4 rings (SSSR count). The number of anilines is 1. The summed E-state index contributed by atoms with van der Waals surface area (Å²) in [6.45, 7) is 2.33. The fourth-order valence-corrected chi connectivity index (χ4v) is 3.93. The van der Waals surface area contributed by atoms with Crippen LogP contribution in [0.3, 0.4) is 0 Å². The molecule has 6 nitrogen and oxygen atoms in total. The van der Waals surface area contributed by atoms with Gasteiger partial charge in [0.25, 0.3) is 5.91 Å². The molecule has 0 radical (unpaired) electrons. The normalized spacial score (nSPS) is 11.1. The number of carbonyl (C=O) groups excluding carboxylic acids is 1. The van der Waals surface area contributed by atoms with Gasteiger partial charge in [-0.05, 0) is 30.2 Å². The van der Waals surface area contributed by atoms with Gasteiger partial charge in [-0.1, -0.05) is 42.5 Å². The maximum atomic E-state index is 13.1. The molecule has 0 atom stereocenters. The number of thiazole rings is 1. The summed E-state index contributed by atoms with van der Waals surface area (Å²) in [5, 5.41) is 0.602. The first-order chi connectivity index (χ1) is 15.5. The fourth-order valence-electron chi connectivity index (χ4n) is 3.02. The largest absolute Gasteiger partial charge is 0.354 e. The molecule has 2 heterocycles. The Hall–Kier alpha value is -3.78. The minimum Gasteiger partial charge on any atom is -0.354 e. The maximum Gasteiger partial charge on any atom is 0.288 e. The second-order valence-corrected chi connectivity index (χ2v) is 8.15. The van der Waals surface area contributed by atoms with Gasteiger partial charge in [-0.3, -0.25) is 9.78 Å². The fraction of sp³-hybridized carbons (Fsp3) is 0.125. The van der Waals surface area contributed by atoms with Crippen LogP contribution < -0.4 is 4.90 Å². The number of halogens is 1. The summed E-state index contributed by atoms with van der Waals surface area (Å²) in [4.78, 5) is 32.5. The van der Waals surface area contributed by atoms with Crippen LogP contribution in [0.25, 0.3) is 10.7 Å². The van der Waals surface area contributed by atoms with Crippen LogP contribution in [-0.2, 0) is 6.54 Å². The molecular formula is C24H20FN5OS. The lowest BCUT2D eigenvalue weighted by Gasteiger charge is -2.18. The summed E-state index contributed by atoms with van der Waals surface area (Å²) in [7, 11) is 1.89. The van der Waals surface area contributed by atoms with Gasteiger partial charge in [0.1, 0.15) is 27.2 Å².